The molecule has 1 fully saturated rings. The Kier molecular flexibility index (Phi) is 5.70. The molecule has 1 aliphatic heterocycles. The highest BCUT2D eigenvalue weighted by atomic mass is 19.4. The maximum absolute atomic E-state index is 12.3. The quantitative estimate of drug-likeness (QED) is 0.871. The molecule has 1 saturated heterocycles. The lowest BCUT2D eigenvalue weighted by molar-refractivity contribution is -0.274. The highest BCUT2D eigenvalue weighted by molar-refractivity contribution is 5.74. The molecule has 0 aromatic heterocycles. The van der Waals surface area contributed by atoms with Crippen LogP contribution in [0.25, 0.3) is 0 Å². The maximum Gasteiger partial charge on any atom is 0.573 e. The van der Waals surface area contributed by atoms with Crippen molar-refractivity contribution in [3.05, 3.63) is 29.8 Å². The van der Waals surface area contributed by atoms with Crippen LogP contribution in [0.5, 0.6) is 5.75 Å². The highest BCUT2D eigenvalue weighted by Crippen LogP contribution is 2.26. The van der Waals surface area contributed by atoms with Gasteiger partial charge in [-0.1, -0.05) is 18.2 Å². The van der Waals surface area contributed by atoms with Gasteiger partial charge in [-0.25, -0.2) is 4.79 Å². The Balaban J connectivity index is 1.86. The second-order valence-electron chi connectivity index (χ2n) is 5.32. The molecule has 2 amide bonds. The Morgan fingerprint density at radius 2 is 2.17 bits per heavy atom. The van der Waals surface area contributed by atoms with Crippen LogP contribution in [0, 0.1) is 0 Å². The number of amides is 2. The molecule has 128 valence electrons. The Labute approximate surface area is 132 Å². The summed E-state index contributed by atoms with van der Waals surface area (Å²) in [5.74, 6) is -0.326. The summed E-state index contributed by atoms with van der Waals surface area (Å²) in [6.07, 6.45) is -2.96. The lowest BCUT2D eigenvalue weighted by Gasteiger charge is -2.20. The molecule has 8 heteroatoms. The first kappa shape index (κ1) is 17.4. The van der Waals surface area contributed by atoms with E-state index in [1.807, 2.05) is 6.92 Å². The van der Waals surface area contributed by atoms with Gasteiger partial charge >= 0.3 is 12.4 Å². The van der Waals surface area contributed by atoms with Crippen LogP contribution in [0.3, 0.4) is 0 Å². The lowest BCUT2D eigenvalue weighted by atomic mass is 10.1. The van der Waals surface area contributed by atoms with Crippen molar-refractivity contribution in [2.45, 2.75) is 44.8 Å². The average molecular weight is 332 g/mol. The van der Waals surface area contributed by atoms with E-state index in [-0.39, 0.29) is 30.0 Å². The number of rotatable bonds is 5. The maximum atomic E-state index is 12.3. The zero-order valence-corrected chi connectivity index (χ0v) is 12.7. The minimum Gasteiger partial charge on any atom is -0.405 e. The molecule has 2 rings (SSSR count). The van der Waals surface area contributed by atoms with Crippen LogP contribution < -0.4 is 15.4 Å². The van der Waals surface area contributed by atoms with Crippen molar-refractivity contribution in [1.82, 2.24) is 10.6 Å². The molecule has 5 nitrogen and oxygen atoms in total. The minimum atomic E-state index is -4.77. The van der Waals surface area contributed by atoms with E-state index in [1.165, 1.54) is 18.2 Å². The number of ether oxygens (including phenoxy) is 2. The van der Waals surface area contributed by atoms with Crippen molar-refractivity contribution in [1.29, 1.82) is 0 Å². The van der Waals surface area contributed by atoms with Gasteiger partial charge in [-0.3, -0.25) is 0 Å². The van der Waals surface area contributed by atoms with Crippen LogP contribution in [-0.4, -0.2) is 31.1 Å². The fourth-order valence-electron chi connectivity index (χ4n) is 2.40. The minimum absolute atomic E-state index is 0.0263. The summed E-state index contributed by atoms with van der Waals surface area (Å²) in [6.45, 7) is 2.44. The molecule has 23 heavy (non-hydrogen) atoms. The monoisotopic (exact) mass is 332 g/mol. The van der Waals surface area contributed by atoms with Crippen molar-refractivity contribution < 1.29 is 27.4 Å². The van der Waals surface area contributed by atoms with E-state index < -0.39 is 12.4 Å². The Morgan fingerprint density at radius 1 is 1.43 bits per heavy atom. The fraction of sp³-hybridized carbons (Fsp3) is 0.533. The van der Waals surface area contributed by atoms with Gasteiger partial charge in [-0.05, 0) is 25.8 Å². The highest BCUT2D eigenvalue weighted by Gasteiger charge is 2.32. The molecule has 1 aromatic carbocycles. The van der Waals surface area contributed by atoms with Gasteiger partial charge in [-0.2, -0.15) is 0 Å². The van der Waals surface area contributed by atoms with E-state index >= 15 is 0 Å². The number of benzene rings is 1. The zero-order valence-electron chi connectivity index (χ0n) is 12.7. The van der Waals surface area contributed by atoms with Gasteiger partial charge in [0.15, 0.2) is 0 Å². The topological polar surface area (TPSA) is 59.6 Å². The second kappa shape index (κ2) is 7.54. The van der Waals surface area contributed by atoms with Gasteiger partial charge in [0.1, 0.15) is 5.75 Å². The number of nitrogens with one attached hydrogen (secondary N) is 2. The molecule has 0 radical (unpaired) electrons. The molecular weight excluding hydrogens is 313 g/mol. The summed E-state index contributed by atoms with van der Waals surface area (Å²) >= 11 is 0. The van der Waals surface area contributed by atoms with Crippen LogP contribution in [0.15, 0.2) is 24.3 Å². The Morgan fingerprint density at radius 3 is 2.83 bits per heavy atom. The van der Waals surface area contributed by atoms with Crippen LogP contribution >= 0.6 is 0 Å². The van der Waals surface area contributed by atoms with Crippen LogP contribution in [0.1, 0.15) is 25.3 Å². The summed E-state index contributed by atoms with van der Waals surface area (Å²) in [5.41, 5.74) is 0.241. The van der Waals surface area contributed by atoms with E-state index in [0.29, 0.717) is 6.61 Å². The van der Waals surface area contributed by atoms with E-state index in [9.17, 15) is 18.0 Å². The molecule has 0 saturated carbocycles. The third-order valence-corrected chi connectivity index (χ3v) is 3.52. The fourth-order valence-corrected chi connectivity index (χ4v) is 2.40. The molecule has 2 atom stereocenters. The van der Waals surface area contributed by atoms with E-state index in [0.717, 1.165) is 12.8 Å². The molecule has 2 N–H and O–H groups in total. The van der Waals surface area contributed by atoms with Crippen molar-refractivity contribution >= 4 is 6.03 Å². The summed E-state index contributed by atoms with van der Waals surface area (Å²) < 4.78 is 46.4. The SMILES string of the molecule is CC(NC(=O)NCc1ccccc1OC(F)(F)F)C1CCCO1. The van der Waals surface area contributed by atoms with Crippen LogP contribution in [-0.2, 0) is 11.3 Å². The van der Waals surface area contributed by atoms with Gasteiger partial charge in [0, 0.05) is 18.7 Å². The number of carbonyl (C=O) groups is 1. The number of para-hydroxylation sites is 1. The second-order valence-corrected chi connectivity index (χ2v) is 5.32. The standard InChI is InChI=1S/C15H19F3N2O3/c1-10(12-7-4-8-22-12)20-14(21)19-9-11-5-2-3-6-13(11)23-15(16,17)18/h2-3,5-6,10,12H,4,7-9H2,1H3,(H2,19,20,21). The van der Waals surface area contributed by atoms with E-state index in [1.54, 1.807) is 6.07 Å². The molecule has 0 bridgehead atoms. The molecule has 2 unspecified atom stereocenters. The normalized spacial score (nSPS) is 19.2. The van der Waals surface area contributed by atoms with Gasteiger partial charge in [0.2, 0.25) is 0 Å². The van der Waals surface area contributed by atoms with Gasteiger partial charge in [0.25, 0.3) is 0 Å². The van der Waals surface area contributed by atoms with Crippen LogP contribution in [0.2, 0.25) is 0 Å². The smallest absolute Gasteiger partial charge is 0.405 e. The first-order chi connectivity index (χ1) is 10.8. The Hall–Kier alpha value is -1.96. The average Bonchev–Trinajstić information content (AvgIpc) is 2.99. The van der Waals surface area contributed by atoms with Crippen molar-refractivity contribution in [3.8, 4) is 5.75 Å². The summed E-state index contributed by atoms with van der Waals surface area (Å²) in [6, 6.07) is 5.05. The van der Waals surface area contributed by atoms with Crippen molar-refractivity contribution in [3.63, 3.8) is 0 Å². The number of carbonyl (C=O) groups excluding carboxylic acids is 1. The van der Waals surface area contributed by atoms with Gasteiger partial charge in [0.05, 0.1) is 12.1 Å². The van der Waals surface area contributed by atoms with Crippen LogP contribution in [0.4, 0.5) is 18.0 Å². The first-order valence-corrected chi connectivity index (χ1v) is 7.35. The summed E-state index contributed by atoms with van der Waals surface area (Å²) in [4.78, 5) is 11.8. The number of alkyl halides is 3. The third kappa shape index (κ3) is 5.63. The molecule has 1 aromatic rings. The largest absolute Gasteiger partial charge is 0.573 e. The number of hydrogen-bond acceptors (Lipinski definition) is 3. The summed E-state index contributed by atoms with van der Waals surface area (Å²) in [5, 5.41) is 5.25. The lowest BCUT2D eigenvalue weighted by Crippen LogP contribution is -2.45. The van der Waals surface area contributed by atoms with Gasteiger partial charge < -0.3 is 20.1 Å². The predicted molar refractivity (Wildman–Crippen MR) is 76.9 cm³/mol. The summed E-state index contributed by atoms with van der Waals surface area (Å²) in [7, 11) is 0. The third-order valence-electron chi connectivity index (χ3n) is 3.52. The molecule has 1 heterocycles. The Bertz CT molecular complexity index is 531. The predicted octanol–water partition coefficient (Wildman–Crippen LogP) is 2.95. The first-order valence-electron chi connectivity index (χ1n) is 7.35. The van der Waals surface area contributed by atoms with Gasteiger partial charge in [-0.15, -0.1) is 13.2 Å². The number of halogens is 3. The van der Waals surface area contributed by atoms with Crippen molar-refractivity contribution in [2.75, 3.05) is 6.61 Å². The number of urea groups is 1. The van der Waals surface area contributed by atoms with E-state index in [4.69, 9.17) is 4.74 Å². The molecular formula is C15H19F3N2O3. The van der Waals surface area contributed by atoms with Crippen molar-refractivity contribution in [2.24, 2.45) is 0 Å². The van der Waals surface area contributed by atoms with E-state index in [2.05, 4.69) is 15.4 Å². The zero-order chi connectivity index (χ0) is 16.9. The molecule has 1 aliphatic rings. The number of hydrogen-bond donors (Lipinski definition) is 2. The molecule has 0 aliphatic carbocycles. The molecule has 0 spiro atoms.